The zero-order valence-corrected chi connectivity index (χ0v) is 21.9. The first-order valence-electron chi connectivity index (χ1n) is 12.4. The molecule has 10 heteroatoms. The maximum absolute atomic E-state index is 13.7. The van der Waals surface area contributed by atoms with Gasteiger partial charge in [-0.25, -0.2) is 9.78 Å². The minimum Gasteiger partial charge on any atom is -0.444 e. The number of ketones is 2. The third kappa shape index (κ3) is 7.12. The Labute approximate surface area is 220 Å². The number of nitrogens with zero attached hydrogens (tertiary/aromatic N) is 2. The number of unbranched alkanes of at least 4 members (excludes halogenated alkanes) is 1. The van der Waals surface area contributed by atoms with E-state index in [1.807, 2.05) is 13.0 Å². The first-order chi connectivity index (χ1) is 18.0. The van der Waals surface area contributed by atoms with Crippen molar-refractivity contribution >= 4 is 29.3 Å². The highest BCUT2D eigenvalue weighted by molar-refractivity contribution is 6.48. The summed E-state index contributed by atoms with van der Waals surface area (Å²) in [6.07, 6.45) is 6.17. The Morgan fingerprint density at radius 2 is 1.82 bits per heavy atom. The van der Waals surface area contributed by atoms with Crippen LogP contribution in [0, 0.1) is 0 Å². The number of benzene rings is 1. The predicted molar refractivity (Wildman–Crippen MR) is 143 cm³/mol. The molecule has 2 N–H and O–H groups in total. The molecule has 0 saturated carbocycles. The third-order valence-corrected chi connectivity index (χ3v) is 5.62. The summed E-state index contributed by atoms with van der Waals surface area (Å²) in [5.41, 5.74) is -0.815. The molecular weight excluding hydrogens is 488 g/mol. The highest BCUT2D eigenvalue weighted by Gasteiger charge is 2.28. The normalized spacial score (nSPS) is 14.1. The molecule has 0 fully saturated rings. The summed E-state index contributed by atoms with van der Waals surface area (Å²) in [5.74, 6) is -1.63. The number of ether oxygens (including phenoxy) is 1. The van der Waals surface area contributed by atoms with Crippen LogP contribution in [-0.4, -0.2) is 45.3 Å². The Morgan fingerprint density at radius 1 is 1.11 bits per heavy atom. The minimum absolute atomic E-state index is 0.144. The highest BCUT2D eigenvalue weighted by atomic mass is 16.6. The van der Waals surface area contributed by atoms with Crippen molar-refractivity contribution in [3.05, 3.63) is 70.7 Å². The van der Waals surface area contributed by atoms with E-state index < -0.39 is 40.8 Å². The molecule has 1 atom stereocenters. The van der Waals surface area contributed by atoms with Gasteiger partial charge in [-0.2, -0.15) is 0 Å². The zero-order valence-electron chi connectivity index (χ0n) is 21.9. The van der Waals surface area contributed by atoms with Crippen molar-refractivity contribution in [2.45, 2.75) is 58.6 Å². The standard InChI is InChI=1S/C28H32N4O6/c1-5-6-14-21(25(35)30-16-19-13-10-15-22(33)23(19)34)32-24(18-11-8-7-9-12-18)29-17-20(26(32)36)31-27(37)38-28(2,3)4/h7-13,15,17,21H,5-6,14,16H2,1-4H3,(H,30,35)(H,31,37). The van der Waals surface area contributed by atoms with Gasteiger partial charge in [0.05, 0.1) is 6.20 Å². The van der Waals surface area contributed by atoms with Gasteiger partial charge >= 0.3 is 6.09 Å². The number of carbonyl (C=O) groups excluding carboxylic acids is 4. The van der Waals surface area contributed by atoms with E-state index in [9.17, 15) is 24.0 Å². The average molecular weight is 521 g/mol. The first-order valence-corrected chi connectivity index (χ1v) is 12.4. The number of aromatic nitrogens is 2. The molecule has 1 unspecified atom stereocenters. The van der Waals surface area contributed by atoms with E-state index in [4.69, 9.17) is 4.74 Å². The molecule has 3 rings (SSSR count). The van der Waals surface area contributed by atoms with Crippen LogP contribution in [0.3, 0.4) is 0 Å². The second kappa shape index (κ2) is 12.3. The van der Waals surface area contributed by atoms with Gasteiger partial charge in [0.1, 0.15) is 23.2 Å². The number of hydrogen-bond donors (Lipinski definition) is 2. The molecular formula is C28H32N4O6. The summed E-state index contributed by atoms with van der Waals surface area (Å²) >= 11 is 0. The largest absolute Gasteiger partial charge is 0.444 e. The zero-order chi connectivity index (χ0) is 27.9. The predicted octanol–water partition coefficient (Wildman–Crippen LogP) is 3.74. The van der Waals surface area contributed by atoms with E-state index in [-0.39, 0.29) is 23.6 Å². The number of hydrogen-bond acceptors (Lipinski definition) is 7. The summed E-state index contributed by atoms with van der Waals surface area (Å²) in [5, 5.41) is 5.14. The molecule has 0 bridgehead atoms. The van der Waals surface area contributed by atoms with Gasteiger partial charge in [0.25, 0.3) is 5.56 Å². The van der Waals surface area contributed by atoms with Crippen molar-refractivity contribution in [1.82, 2.24) is 14.9 Å². The van der Waals surface area contributed by atoms with E-state index in [2.05, 4.69) is 15.6 Å². The SMILES string of the molecule is CCCCC(C(=O)NCC1=CC=CC(=O)C1=O)n1c(-c2ccccc2)ncc(NC(=O)OC(C)(C)C)c1=O. The van der Waals surface area contributed by atoms with Crippen LogP contribution in [0.4, 0.5) is 10.5 Å². The van der Waals surface area contributed by atoms with Crippen molar-refractivity contribution in [2.24, 2.45) is 0 Å². The summed E-state index contributed by atoms with van der Waals surface area (Å²) in [7, 11) is 0. The van der Waals surface area contributed by atoms with E-state index in [1.54, 1.807) is 45.0 Å². The van der Waals surface area contributed by atoms with Gasteiger partial charge in [-0.3, -0.25) is 29.1 Å². The highest BCUT2D eigenvalue weighted by Crippen LogP contribution is 2.24. The van der Waals surface area contributed by atoms with Crippen molar-refractivity contribution in [3.8, 4) is 11.4 Å². The molecule has 0 spiro atoms. The monoisotopic (exact) mass is 520 g/mol. The van der Waals surface area contributed by atoms with Crippen LogP contribution < -0.4 is 16.2 Å². The van der Waals surface area contributed by atoms with Gasteiger partial charge in [-0.1, -0.05) is 62.2 Å². The Bertz CT molecular complexity index is 1340. The van der Waals surface area contributed by atoms with E-state index >= 15 is 0 Å². The molecule has 1 aliphatic rings. The maximum Gasteiger partial charge on any atom is 0.412 e. The fourth-order valence-corrected chi connectivity index (χ4v) is 3.83. The Hall–Kier alpha value is -4.34. The topological polar surface area (TPSA) is 136 Å². The fraction of sp³-hybridized carbons (Fsp3) is 0.357. The van der Waals surface area contributed by atoms with Crippen LogP contribution in [0.2, 0.25) is 0 Å². The Balaban J connectivity index is 2.03. The number of nitrogens with one attached hydrogen (secondary N) is 2. The molecule has 0 radical (unpaired) electrons. The quantitative estimate of drug-likeness (QED) is 0.380. The maximum atomic E-state index is 13.7. The summed E-state index contributed by atoms with van der Waals surface area (Å²) < 4.78 is 6.53. The number of anilines is 1. The van der Waals surface area contributed by atoms with Crippen LogP contribution in [0.1, 0.15) is 53.0 Å². The lowest BCUT2D eigenvalue weighted by Crippen LogP contribution is -2.41. The lowest BCUT2D eigenvalue weighted by atomic mass is 10.0. The van der Waals surface area contributed by atoms with E-state index in [0.29, 0.717) is 18.4 Å². The van der Waals surface area contributed by atoms with Crippen molar-refractivity contribution in [3.63, 3.8) is 0 Å². The molecule has 200 valence electrons. The van der Waals surface area contributed by atoms with Gasteiger partial charge in [-0.05, 0) is 33.3 Å². The molecule has 0 saturated heterocycles. The van der Waals surface area contributed by atoms with Crippen LogP contribution in [0.15, 0.2) is 65.1 Å². The van der Waals surface area contributed by atoms with Crippen LogP contribution in [-0.2, 0) is 19.1 Å². The van der Waals surface area contributed by atoms with Crippen LogP contribution in [0.25, 0.3) is 11.4 Å². The van der Waals surface area contributed by atoms with Gasteiger partial charge in [0.2, 0.25) is 17.5 Å². The second-order valence-corrected chi connectivity index (χ2v) is 9.78. The summed E-state index contributed by atoms with van der Waals surface area (Å²) in [6, 6.07) is 7.90. The molecule has 0 aliphatic heterocycles. The smallest absolute Gasteiger partial charge is 0.412 e. The van der Waals surface area contributed by atoms with Crippen molar-refractivity contribution in [1.29, 1.82) is 0 Å². The molecule has 2 aromatic rings. The number of Topliss-reactive ketones (excluding diaryl/α,β-unsaturated/α-hetero) is 1. The molecule has 10 nitrogen and oxygen atoms in total. The molecule has 2 amide bonds. The lowest BCUT2D eigenvalue weighted by Gasteiger charge is -2.24. The van der Waals surface area contributed by atoms with Gasteiger partial charge in [0.15, 0.2) is 0 Å². The summed E-state index contributed by atoms with van der Waals surface area (Å²) in [6.45, 7) is 6.88. The first kappa shape index (κ1) is 28.2. The Kier molecular flexibility index (Phi) is 9.11. The number of allylic oxidation sites excluding steroid dienone is 3. The van der Waals surface area contributed by atoms with E-state index in [0.717, 1.165) is 12.5 Å². The minimum atomic E-state index is -1.00. The molecule has 1 heterocycles. The van der Waals surface area contributed by atoms with Crippen molar-refractivity contribution < 1.29 is 23.9 Å². The fourth-order valence-electron chi connectivity index (χ4n) is 3.83. The molecule has 1 aliphatic carbocycles. The lowest BCUT2D eigenvalue weighted by molar-refractivity contribution is -0.131. The number of amides is 2. The van der Waals surface area contributed by atoms with Gasteiger partial charge in [0, 0.05) is 17.7 Å². The summed E-state index contributed by atoms with van der Waals surface area (Å²) in [4.78, 5) is 67.9. The average Bonchev–Trinajstić information content (AvgIpc) is 2.86. The molecule has 1 aromatic carbocycles. The van der Waals surface area contributed by atoms with Gasteiger partial charge < -0.3 is 10.1 Å². The molecule has 38 heavy (non-hydrogen) atoms. The second-order valence-electron chi connectivity index (χ2n) is 9.78. The van der Waals surface area contributed by atoms with Crippen molar-refractivity contribution in [2.75, 3.05) is 11.9 Å². The third-order valence-electron chi connectivity index (χ3n) is 5.62. The van der Waals surface area contributed by atoms with Crippen LogP contribution >= 0.6 is 0 Å². The molecule has 1 aromatic heterocycles. The van der Waals surface area contributed by atoms with Gasteiger partial charge in [-0.15, -0.1) is 0 Å². The van der Waals surface area contributed by atoms with E-state index in [1.165, 1.54) is 22.9 Å². The number of rotatable bonds is 9. The van der Waals surface area contributed by atoms with Crippen LogP contribution in [0.5, 0.6) is 0 Å². The Morgan fingerprint density at radius 3 is 2.47 bits per heavy atom. The number of carbonyl (C=O) groups is 4.